The Morgan fingerprint density at radius 3 is 2.23 bits per heavy atom. The first-order chi connectivity index (χ1) is 10.7. The zero-order valence-electron chi connectivity index (χ0n) is 13.4. The third-order valence-corrected chi connectivity index (χ3v) is 4.17. The molecule has 1 N–H and O–H groups in total. The third-order valence-electron chi connectivity index (χ3n) is 4.17. The predicted octanol–water partition coefficient (Wildman–Crippen LogP) is 3.05. The van der Waals surface area contributed by atoms with Crippen LogP contribution in [0.4, 0.5) is 0 Å². The number of benzene rings is 1. The summed E-state index contributed by atoms with van der Waals surface area (Å²) in [7, 11) is 0. The van der Waals surface area contributed by atoms with E-state index < -0.39 is 0 Å². The van der Waals surface area contributed by atoms with Crippen molar-refractivity contribution in [3.8, 4) is 0 Å². The number of rotatable bonds is 4. The van der Waals surface area contributed by atoms with E-state index in [4.69, 9.17) is 0 Å². The maximum absolute atomic E-state index is 12.6. The molecule has 2 amide bonds. The van der Waals surface area contributed by atoms with Gasteiger partial charge in [0, 0.05) is 20.0 Å². The summed E-state index contributed by atoms with van der Waals surface area (Å²) in [6, 6.07) is 9.49. The highest BCUT2D eigenvalue weighted by atomic mass is 16.2. The Morgan fingerprint density at radius 2 is 1.64 bits per heavy atom. The van der Waals surface area contributed by atoms with Crippen LogP contribution in [0.15, 0.2) is 30.3 Å². The lowest BCUT2D eigenvalue weighted by molar-refractivity contribution is -0.132. The molecule has 22 heavy (non-hydrogen) atoms. The van der Waals surface area contributed by atoms with Gasteiger partial charge in [-0.15, -0.1) is 0 Å². The van der Waals surface area contributed by atoms with Gasteiger partial charge in [0.1, 0.15) is 0 Å². The first-order valence-corrected chi connectivity index (χ1v) is 8.26. The number of nitrogens with one attached hydrogen (secondary N) is 1. The zero-order valence-corrected chi connectivity index (χ0v) is 13.4. The molecule has 1 unspecified atom stereocenters. The van der Waals surface area contributed by atoms with E-state index in [0.717, 1.165) is 31.5 Å². The summed E-state index contributed by atoms with van der Waals surface area (Å²) in [4.78, 5) is 26.0. The van der Waals surface area contributed by atoms with Crippen LogP contribution in [0.5, 0.6) is 0 Å². The second-order valence-electron chi connectivity index (χ2n) is 6.02. The number of hydrogen-bond donors (Lipinski definition) is 1. The number of hydrogen-bond acceptors (Lipinski definition) is 2. The van der Waals surface area contributed by atoms with Crippen LogP contribution < -0.4 is 5.32 Å². The van der Waals surface area contributed by atoms with E-state index in [1.54, 1.807) is 0 Å². The van der Waals surface area contributed by atoms with E-state index in [-0.39, 0.29) is 17.9 Å². The van der Waals surface area contributed by atoms with Gasteiger partial charge in [-0.2, -0.15) is 0 Å². The molecule has 1 heterocycles. The molecule has 1 saturated heterocycles. The Hall–Kier alpha value is -1.84. The topological polar surface area (TPSA) is 49.4 Å². The lowest BCUT2D eigenvalue weighted by Gasteiger charge is -2.27. The van der Waals surface area contributed by atoms with Crippen molar-refractivity contribution in [1.29, 1.82) is 0 Å². The molecular weight excluding hydrogens is 276 g/mol. The molecule has 0 spiro atoms. The molecule has 0 bridgehead atoms. The third kappa shape index (κ3) is 5.17. The van der Waals surface area contributed by atoms with Crippen molar-refractivity contribution in [1.82, 2.24) is 10.2 Å². The summed E-state index contributed by atoms with van der Waals surface area (Å²) in [6.07, 6.45) is 6.20. The van der Waals surface area contributed by atoms with E-state index in [1.165, 1.54) is 26.2 Å². The molecule has 0 aliphatic carbocycles. The Balaban J connectivity index is 2.02. The van der Waals surface area contributed by atoms with Crippen molar-refractivity contribution in [2.24, 2.45) is 0 Å². The fraction of sp³-hybridized carbons (Fsp3) is 0.556. The lowest BCUT2D eigenvalue weighted by atomic mass is 10.0. The molecule has 1 aliphatic rings. The summed E-state index contributed by atoms with van der Waals surface area (Å²) >= 11 is 0. The van der Waals surface area contributed by atoms with Gasteiger partial charge in [0.2, 0.25) is 11.8 Å². The molecule has 1 aliphatic heterocycles. The molecule has 0 radical (unpaired) electrons. The van der Waals surface area contributed by atoms with Gasteiger partial charge in [0.05, 0.1) is 12.5 Å². The summed E-state index contributed by atoms with van der Waals surface area (Å²) in [5.74, 6) is 0.0406. The van der Waals surface area contributed by atoms with Gasteiger partial charge in [0.25, 0.3) is 0 Å². The summed E-state index contributed by atoms with van der Waals surface area (Å²) < 4.78 is 0. The molecule has 1 aromatic rings. The van der Waals surface area contributed by atoms with Crippen molar-refractivity contribution in [3.63, 3.8) is 0 Å². The Bertz CT molecular complexity index is 479. The van der Waals surface area contributed by atoms with E-state index in [2.05, 4.69) is 5.32 Å². The monoisotopic (exact) mass is 302 g/mol. The average molecular weight is 302 g/mol. The van der Waals surface area contributed by atoms with Crippen LogP contribution in [0.2, 0.25) is 0 Å². The molecule has 4 nitrogen and oxygen atoms in total. The van der Waals surface area contributed by atoms with Crippen molar-refractivity contribution in [2.75, 3.05) is 13.1 Å². The smallest absolute Gasteiger partial charge is 0.224 e. The number of amides is 2. The van der Waals surface area contributed by atoms with Crippen LogP contribution in [-0.2, 0) is 9.59 Å². The Labute approximate surface area is 132 Å². The summed E-state index contributed by atoms with van der Waals surface area (Å²) in [5.41, 5.74) is 0.984. The summed E-state index contributed by atoms with van der Waals surface area (Å²) in [5, 5.41) is 2.91. The standard InChI is InChI=1S/C18H26N2O2/c1-15(21)19-17(16-10-6-5-7-11-16)14-18(22)20-12-8-3-2-4-9-13-20/h5-7,10-11,17H,2-4,8-9,12-14H2,1H3,(H,19,21). The Kier molecular flexibility index (Phi) is 6.44. The van der Waals surface area contributed by atoms with Crippen molar-refractivity contribution < 1.29 is 9.59 Å². The first kappa shape index (κ1) is 16.5. The molecule has 120 valence electrons. The van der Waals surface area contributed by atoms with Gasteiger partial charge in [0.15, 0.2) is 0 Å². The van der Waals surface area contributed by atoms with Gasteiger partial charge < -0.3 is 10.2 Å². The van der Waals surface area contributed by atoms with E-state index in [9.17, 15) is 9.59 Å². The van der Waals surface area contributed by atoms with Gasteiger partial charge >= 0.3 is 0 Å². The maximum atomic E-state index is 12.6. The van der Waals surface area contributed by atoms with Crippen LogP contribution in [0, 0.1) is 0 Å². The maximum Gasteiger partial charge on any atom is 0.224 e. The first-order valence-electron chi connectivity index (χ1n) is 8.26. The van der Waals surface area contributed by atoms with Crippen LogP contribution >= 0.6 is 0 Å². The second kappa shape index (κ2) is 8.57. The van der Waals surface area contributed by atoms with E-state index in [1.807, 2.05) is 35.2 Å². The molecule has 1 fully saturated rings. The number of likely N-dealkylation sites (tertiary alicyclic amines) is 1. The molecule has 0 aromatic heterocycles. The van der Waals surface area contributed by atoms with Crippen LogP contribution in [0.25, 0.3) is 0 Å². The lowest BCUT2D eigenvalue weighted by Crippen LogP contribution is -2.37. The van der Waals surface area contributed by atoms with E-state index in [0.29, 0.717) is 6.42 Å². The van der Waals surface area contributed by atoms with Crippen molar-refractivity contribution >= 4 is 11.8 Å². The summed E-state index contributed by atoms with van der Waals surface area (Å²) in [6.45, 7) is 3.19. The Morgan fingerprint density at radius 1 is 1.05 bits per heavy atom. The normalized spacial score (nSPS) is 17.2. The van der Waals surface area contributed by atoms with Crippen LogP contribution in [-0.4, -0.2) is 29.8 Å². The molecule has 4 heteroatoms. The molecular formula is C18H26N2O2. The average Bonchev–Trinajstić information content (AvgIpc) is 2.46. The number of nitrogens with zero attached hydrogens (tertiary/aromatic N) is 1. The SMILES string of the molecule is CC(=O)NC(CC(=O)N1CCCCCCC1)c1ccccc1. The quantitative estimate of drug-likeness (QED) is 0.929. The van der Waals surface area contributed by atoms with Crippen molar-refractivity contribution in [2.45, 2.75) is 51.5 Å². The van der Waals surface area contributed by atoms with Crippen molar-refractivity contribution in [3.05, 3.63) is 35.9 Å². The predicted molar refractivity (Wildman–Crippen MR) is 87.3 cm³/mol. The van der Waals surface area contributed by atoms with Gasteiger partial charge in [-0.1, -0.05) is 49.6 Å². The highest BCUT2D eigenvalue weighted by Gasteiger charge is 2.21. The minimum atomic E-state index is -0.239. The fourth-order valence-electron chi connectivity index (χ4n) is 2.98. The van der Waals surface area contributed by atoms with E-state index >= 15 is 0 Å². The largest absolute Gasteiger partial charge is 0.349 e. The molecule has 1 aromatic carbocycles. The molecule has 0 saturated carbocycles. The second-order valence-corrected chi connectivity index (χ2v) is 6.02. The molecule has 1 atom stereocenters. The zero-order chi connectivity index (χ0) is 15.8. The van der Waals surface area contributed by atoms with Crippen LogP contribution in [0.1, 0.15) is 57.1 Å². The van der Waals surface area contributed by atoms with Gasteiger partial charge in [-0.3, -0.25) is 9.59 Å². The van der Waals surface area contributed by atoms with Gasteiger partial charge in [-0.25, -0.2) is 0 Å². The minimum absolute atomic E-state index is 0.102. The highest BCUT2D eigenvalue weighted by molar-refractivity contribution is 5.79. The molecule has 2 rings (SSSR count). The fourth-order valence-corrected chi connectivity index (χ4v) is 2.98. The van der Waals surface area contributed by atoms with Gasteiger partial charge in [-0.05, 0) is 18.4 Å². The minimum Gasteiger partial charge on any atom is -0.349 e. The van der Waals surface area contributed by atoms with Crippen LogP contribution in [0.3, 0.4) is 0 Å². The number of carbonyl (C=O) groups excluding carboxylic acids is 2. The number of carbonyl (C=O) groups is 2. The highest BCUT2D eigenvalue weighted by Crippen LogP contribution is 2.19.